The van der Waals surface area contributed by atoms with Crippen LogP contribution >= 0.6 is 0 Å². The Morgan fingerprint density at radius 2 is 2.03 bits per heavy atom. The van der Waals surface area contributed by atoms with Gasteiger partial charge in [0, 0.05) is 18.1 Å². The second-order valence-electron chi connectivity index (χ2n) is 7.54. The van der Waals surface area contributed by atoms with Gasteiger partial charge in [-0.3, -0.25) is 18.7 Å². The van der Waals surface area contributed by atoms with Crippen molar-refractivity contribution in [1.82, 2.24) is 24.4 Å². The molecule has 1 N–H and O–H groups in total. The summed E-state index contributed by atoms with van der Waals surface area (Å²) in [5.41, 5.74) is 0.500. The molecule has 4 rings (SSSR count). The number of hydrogen-bond acceptors (Lipinski definition) is 5. The van der Waals surface area contributed by atoms with Crippen molar-refractivity contribution in [2.24, 2.45) is 0 Å². The number of nitrogens with zero attached hydrogens (tertiary/aromatic N) is 5. The van der Waals surface area contributed by atoms with Gasteiger partial charge in [-0.25, -0.2) is 4.39 Å². The maximum absolute atomic E-state index is 14.4. The molecule has 3 aromatic heterocycles. The van der Waals surface area contributed by atoms with Gasteiger partial charge >= 0.3 is 0 Å². The van der Waals surface area contributed by atoms with Crippen molar-refractivity contribution in [1.29, 1.82) is 0 Å². The Kier molecular flexibility index (Phi) is 4.81. The first-order chi connectivity index (χ1) is 14.3. The van der Waals surface area contributed by atoms with Crippen molar-refractivity contribution in [2.45, 2.75) is 39.4 Å². The monoisotopic (exact) mass is 408 g/mol. The van der Waals surface area contributed by atoms with Crippen LogP contribution in [0.5, 0.6) is 0 Å². The first kappa shape index (κ1) is 19.7. The highest BCUT2D eigenvalue weighted by Crippen LogP contribution is 2.26. The molecule has 9 heteroatoms. The lowest BCUT2D eigenvalue weighted by atomic mass is 9.98. The molecule has 0 aliphatic heterocycles. The molecular weight excluding hydrogens is 387 g/mol. The van der Waals surface area contributed by atoms with Crippen molar-refractivity contribution in [3.63, 3.8) is 0 Å². The van der Waals surface area contributed by atoms with Crippen LogP contribution in [0, 0.1) is 0 Å². The summed E-state index contributed by atoms with van der Waals surface area (Å²) >= 11 is 0. The zero-order valence-electron chi connectivity index (χ0n) is 16.9. The molecule has 1 amide bonds. The van der Waals surface area contributed by atoms with Gasteiger partial charge in [0.05, 0.1) is 17.6 Å². The summed E-state index contributed by atoms with van der Waals surface area (Å²) in [6.45, 7) is 5.28. The lowest BCUT2D eigenvalue weighted by molar-refractivity contribution is -0.115. The maximum Gasteiger partial charge on any atom is 0.230 e. The van der Waals surface area contributed by atoms with E-state index in [1.54, 1.807) is 45.6 Å². The van der Waals surface area contributed by atoms with Gasteiger partial charge in [0.2, 0.25) is 11.3 Å². The minimum Gasteiger partial charge on any atom is -0.324 e. The summed E-state index contributed by atoms with van der Waals surface area (Å²) in [6.07, 6.45) is 3.04. The van der Waals surface area contributed by atoms with E-state index in [2.05, 4.69) is 20.6 Å². The molecule has 0 unspecified atom stereocenters. The second-order valence-corrected chi connectivity index (χ2v) is 7.54. The Hall–Kier alpha value is -3.62. The van der Waals surface area contributed by atoms with Crippen LogP contribution in [-0.4, -0.2) is 30.3 Å². The number of nitrogens with one attached hydrogen (secondary N) is 1. The number of fused-ring (bicyclic) bond motifs is 2. The van der Waals surface area contributed by atoms with Crippen LogP contribution in [0.1, 0.15) is 32.0 Å². The van der Waals surface area contributed by atoms with Crippen molar-refractivity contribution in [2.75, 3.05) is 5.32 Å². The number of alkyl halides is 1. The van der Waals surface area contributed by atoms with Crippen LogP contribution in [0.4, 0.5) is 10.1 Å². The molecule has 30 heavy (non-hydrogen) atoms. The van der Waals surface area contributed by atoms with E-state index in [-0.39, 0.29) is 23.5 Å². The first-order valence-corrected chi connectivity index (χ1v) is 9.58. The summed E-state index contributed by atoms with van der Waals surface area (Å²) in [4.78, 5) is 25.5. The zero-order chi connectivity index (χ0) is 21.5. The molecule has 0 aliphatic rings. The molecule has 8 nitrogen and oxygen atoms in total. The summed E-state index contributed by atoms with van der Waals surface area (Å²) < 4.78 is 17.7. The Morgan fingerprint density at radius 3 is 2.77 bits per heavy atom. The van der Waals surface area contributed by atoms with Gasteiger partial charge < -0.3 is 5.32 Å². The standard InChI is InChI=1S/C21H21FN6O2/c1-4-28-17-9-13(21(2,3)22)5-7-15(17)20(30)16(26-28)10-19(29)24-14-6-8-18-25-23-12-27(18)11-14/h5-9,11-12H,4,10H2,1-3H3,(H,24,29). The van der Waals surface area contributed by atoms with E-state index in [0.29, 0.717) is 34.3 Å². The van der Waals surface area contributed by atoms with E-state index in [4.69, 9.17) is 0 Å². The predicted octanol–water partition coefficient (Wildman–Crippen LogP) is 2.84. The van der Waals surface area contributed by atoms with E-state index >= 15 is 0 Å². The van der Waals surface area contributed by atoms with Gasteiger partial charge in [0.1, 0.15) is 17.7 Å². The molecule has 0 atom stereocenters. The number of amides is 1. The van der Waals surface area contributed by atoms with Crippen LogP contribution in [-0.2, 0) is 23.4 Å². The maximum atomic E-state index is 14.4. The number of halogens is 1. The number of anilines is 1. The molecule has 0 saturated heterocycles. The van der Waals surface area contributed by atoms with Gasteiger partial charge in [-0.2, -0.15) is 5.10 Å². The first-order valence-electron chi connectivity index (χ1n) is 9.58. The number of pyridine rings is 1. The third-order valence-corrected chi connectivity index (χ3v) is 4.91. The average molecular weight is 408 g/mol. The van der Waals surface area contributed by atoms with Gasteiger partial charge in [0.15, 0.2) is 5.65 Å². The third kappa shape index (κ3) is 3.66. The van der Waals surface area contributed by atoms with Gasteiger partial charge in [-0.1, -0.05) is 6.07 Å². The van der Waals surface area contributed by atoms with Crippen molar-refractivity contribution in [3.8, 4) is 0 Å². The summed E-state index contributed by atoms with van der Waals surface area (Å²) in [6, 6.07) is 8.28. The molecular formula is C21H21FN6O2. The third-order valence-electron chi connectivity index (χ3n) is 4.91. The molecule has 4 aromatic rings. The molecule has 0 fully saturated rings. The Bertz CT molecular complexity index is 1320. The Morgan fingerprint density at radius 1 is 1.23 bits per heavy atom. The number of carbonyl (C=O) groups excluding carboxylic acids is 1. The van der Waals surface area contributed by atoms with E-state index < -0.39 is 5.67 Å². The molecule has 0 bridgehead atoms. The van der Waals surface area contributed by atoms with Crippen molar-refractivity contribution in [3.05, 3.63) is 64.3 Å². The van der Waals surface area contributed by atoms with Gasteiger partial charge in [-0.15, -0.1) is 10.2 Å². The van der Waals surface area contributed by atoms with Gasteiger partial charge in [-0.05, 0) is 50.6 Å². The lowest BCUT2D eigenvalue weighted by Crippen LogP contribution is -2.25. The molecule has 154 valence electrons. The molecule has 0 radical (unpaired) electrons. The minimum absolute atomic E-state index is 0.138. The van der Waals surface area contributed by atoms with E-state index in [1.807, 2.05) is 6.92 Å². The Labute approximate surface area is 171 Å². The van der Waals surface area contributed by atoms with Crippen LogP contribution in [0.25, 0.3) is 16.6 Å². The number of rotatable bonds is 5. The topological polar surface area (TPSA) is 94.2 Å². The number of aryl methyl sites for hydroxylation is 1. The van der Waals surface area contributed by atoms with E-state index in [9.17, 15) is 14.0 Å². The number of aromatic nitrogens is 5. The highest BCUT2D eigenvalue weighted by Gasteiger charge is 2.21. The fourth-order valence-corrected chi connectivity index (χ4v) is 3.32. The largest absolute Gasteiger partial charge is 0.324 e. The van der Waals surface area contributed by atoms with Crippen molar-refractivity contribution < 1.29 is 9.18 Å². The molecule has 0 spiro atoms. The highest BCUT2D eigenvalue weighted by atomic mass is 19.1. The number of hydrogen-bond donors (Lipinski definition) is 1. The second kappa shape index (κ2) is 7.33. The van der Waals surface area contributed by atoms with Crippen LogP contribution in [0.3, 0.4) is 0 Å². The van der Waals surface area contributed by atoms with E-state index in [0.717, 1.165) is 0 Å². The van der Waals surface area contributed by atoms with E-state index in [1.165, 1.54) is 20.2 Å². The molecule has 0 aliphatic carbocycles. The minimum atomic E-state index is -1.53. The summed E-state index contributed by atoms with van der Waals surface area (Å²) in [5, 5.41) is 15.2. The highest BCUT2D eigenvalue weighted by molar-refractivity contribution is 5.92. The normalized spacial score (nSPS) is 11.9. The number of carbonyl (C=O) groups is 1. The fourth-order valence-electron chi connectivity index (χ4n) is 3.32. The van der Waals surface area contributed by atoms with Crippen LogP contribution in [0.15, 0.2) is 47.7 Å². The summed E-state index contributed by atoms with van der Waals surface area (Å²) in [5.74, 6) is -0.365. The number of benzene rings is 1. The smallest absolute Gasteiger partial charge is 0.230 e. The molecule has 0 saturated carbocycles. The average Bonchev–Trinajstić information content (AvgIpc) is 3.17. The fraction of sp³-hybridized carbons (Fsp3) is 0.286. The van der Waals surface area contributed by atoms with Crippen LogP contribution in [0.2, 0.25) is 0 Å². The Balaban J connectivity index is 1.65. The SMILES string of the molecule is CCn1nc(CC(=O)Nc2ccc3nncn3c2)c(=O)c2ccc(C(C)(C)F)cc21. The lowest BCUT2D eigenvalue weighted by Gasteiger charge is -2.17. The van der Waals surface area contributed by atoms with Crippen LogP contribution < -0.4 is 10.7 Å². The quantitative estimate of drug-likeness (QED) is 0.548. The predicted molar refractivity (Wildman–Crippen MR) is 111 cm³/mol. The van der Waals surface area contributed by atoms with Gasteiger partial charge in [0.25, 0.3) is 0 Å². The molecule has 3 heterocycles. The summed E-state index contributed by atoms with van der Waals surface area (Å²) in [7, 11) is 0. The molecule has 1 aromatic carbocycles. The van der Waals surface area contributed by atoms with Crippen molar-refractivity contribution >= 4 is 28.1 Å². The zero-order valence-corrected chi connectivity index (χ0v) is 16.9.